The molecular formula is C20H32O5. The molecule has 5 heteroatoms. The summed E-state index contributed by atoms with van der Waals surface area (Å²) in [6.07, 6.45) is 16.0. The molecule has 0 aliphatic carbocycles. The van der Waals surface area contributed by atoms with Crippen molar-refractivity contribution in [3.63, 3.8) is 0 Å². The van der Waals surface area contributed by atoms with Gasteiger partial charge < -0.3 is 20.4 Å². The predicted octanol–water partition coefficient (Wildman–Crippen LogP) is 3.13. The number of carbonyl (C=O) groups is 1. The molecule has 0 aromatic carbocycles. The molecule has 0 bridgehead atoms. The Morgan fingerprint density at radius 2 is 1.44 bits per heavy atom. The van der Waals surface area contributed by atoms with Crippen LogP contribution in [0, 0.1) is 0 Å². The van der Waals surface area contributed by atoms with Gasteiger partial charge in [0.1, 0.15) is 0 Å². The van der Waals surface area contributed by atoms with E-state index in [1.807, 2.05) is 6.08 Å². The fourth-order valence-electron chi connectivity index (χ4n) is 2.09. The second-order valence-electron chi connectivity index (χ2n) is 5.95. The molecule has 0 radical (unpaired) electrons. The molecule has 0 aliphatic heterocycles. The number of allylic oxidation sites excluding steroid dienone is 6. The number of hydrogen-bond acceptors (Lipinski definition) is 4. The second-order valence-corrected chi connectivity index (χ2v) is 5.95. The molecule has 0 fully saturated rings. The molecule has 0 aromatic rings. The van der Waals surface area contributed by atoms with Crippen LogP contribution < -0.4 is 0 Å². The zero-order valence-electron chi connectivity index (χ0n) is 15.0. The average Bonchev–Trinajstić information content (AvgIpc) is 2.56. The minimum atomic E-state index is -1.01. The van der Waals surface area contributed by atoms with E-state index in [4.69, 9.17) is 5.11 Å². The molecule has 0 rings (SSSR count). The Labute approximate surface area is 150 Å². The largest absolute Gasteiger partial charge is 0.481 e. The van der Waals surface area contributed by atoms with Crippen LogP contribution in [-0.2, 0) is 4.79 Å². The van der Waals surface area contributed by atoms with Gasteiger partial charge in [0.25, 0.3) is 0 Å². The lowest BCUT2D eigenvalue weighted by Crippen LogP contribution is -2.23. The Hall–Kier alpha value is -1.69. The number of aliphatic hydroxyl groups is 3. The van der Waals surface area contributed by atoms with Crippen molar-refractivity contribution in [3.8, 4) is 0 Å². The first-order chi connectivity index (χ1) is 12.0. The van der Waals surface area contributed by atoms with Crippen LogP contribution in [0.4, 0.5) is 0 Å². The molecule has 0 aliphatic rings. The summed E-state index contributed by atoms with van der Waals surface area (Å²) in [4.78, 5) is 10.4. The van der Waals surface area contributed by atoms with Crippen molar-refractivity contribution in [2.75, 3.05) is 0 Å². The summed E-state index contributed by atoms with van der Waals surface area (Å²) in [6, 6.07) is 0. The van der Waals surface area contributed by atoms with Crippen LogP contribution in [0.25, 0.3) is 0 Å². The van der Waals surface area contributed by atoms with Gasteiger partial charge in [0, 0.05) is 6.42 Å². The summed E-state index contributed by atoms with van der Waals surface area (Å²) >= 11 is 0. The Kier molecular flexibility index (Phi) is 14.7. The molecule has 0 saturated carbocycles. The third-order valence-corrected chi connectivity index (χ3v) is 3.59. The molecule has 0 unspecified atom stereocenters. The van der Waals surface area contributed by atoms with Crippen LogP contribution in [0.1, 0.15) is 51.9 Å². The molecule has 0 amide bonds. The average molecular weight is 352 g/mol. The summed E-state index contributed by atoms with van der Waals surface area (Å²) in [5, 5.41) is 37.6. The van der Waals surface area contributed by atoms with E-state index in [1.165, 1.54) is 6.08 Å². The summed E-state index contributed by atoms with van der Waals surface area (Å²) in [5.41, 5.74) is 0. The number of carboxylic acids is 1. The lowest BCUT2D eigenvalue weighted by atomic mass is 10.1. The number of unbranched alkanes of at least 4 members (excludes halogenated alkanes) is 2. The first-order valence-electron chi connectivity index (χ1n) is 8.91. The zero-order chi connectivity index (χ0) is 18.9. The van der Waals surface area contributed by atoms with Crippen molar-refractivity contribution in [3.05, 3.63) is 48.6 Å². The molecule has 142 valence electrons. The third-order valence-electron chi connectivity index (χ3n) is 3.59. The van der Waals surface area contributed by atoms with Crippen LogP contribution in [-0.4, -0.2) is 44.7 Å². The molecule has 25 heavy (non-hydrogen) atoms. The number of rotatable bonds is 14. The normalized spacial score (nSPS) is 16.3. The molecule has 0 saturated heterocycles. The highest BCUT2D eigenvalue weighted by Gasteiger charge is 2.12. The summed E-state index contributed by atoms with van der Waals surface area (Å²) in [6.45, 7) is 2.13. The molecule has 4 N–H and O–H groups in total. The van der Waals surface area contributed by atoms with E-state index < -0.39 is 24.3 Å². The fourth-order valence-corrected chi connectivity index (χ4v) is 2.09. The van der Waals surface area contributed by atoms with E-state index in [1.54, 1.807) is 36.5 Å². The van der Waals surface area contributed by atoms with Crippen LogP contribution in [0.15, 0.2) is 48.6 Å². The quantitative estimate of drug-likeness (QED) is 0.284. The van der Waals surface area contributed by atoms with Gasteiger partial charge in [-0.3, -0.25) is 4.79 Å². The molecule has 3 atom stereocenters. The van der Waals surface area contributed by atoms with Crippen molar-refractivity contribution in [2.24, 2.45) is 0 Å². The van der Waals surface area contributed by atoms with Gasteiger partial charge in [0.15, 0.2) is 0 Å². The minimum Gasteiger partial charge on any atom is -0.481 e. The second kappa shape index (κ2) is 15.8. The SMILES string of the molecule is CCCCC[C@H](O)\C=C/C=C/C=C\C=C/[C@@H](O)[C@H](O)CCCC(=O)O. The number of aliphatic hydroxyl groups excluding tert-OH is 3. The van der Waals surface area contributed by atoms with Crippen molar-refractivity contribution in [1.82, 2.24) is 0 Å². The van der Waals surface area contributed by atoms with Gasteiger partial charge in [-0.15, -0.1) is 0 Å². The highest BCUT2D eigenvalue weighted by molar-refractivity contribution is 5.66. The molecular weight excluding hydrogens is 320 g/mol. The maximum Gasteiger partial charge on any atom is 0.303 e. The van der Waals surface area contributed by atoms with Crippen LogP contribution in [0.5, 0.6) is 0 Å². The fraction of sp³-hybridized carbons (Fsp3) is 0.550. The Balaban J connectivity index is 3.97. The monoisotopic (exact) mass is 352 g/mol. The minimum absolute atomic E-state index is 0.0149. The predicted molar refractivity (Wildman–Crippen MR) is 100 cm³/mol. The maximum absolute atomic E-state index is 10.4. The van der Waals surface area contributed by atoms with Gasteiger partial charge >= 0.3 is 5.97 Å². The Morgan fingerprint density at radius 3 is 2.04 bits per heavy atom. The van der Waals surface area contributed by atoms with Crippen molar-refractivity contribution < 1.29 is 25.2 Å². The van der Waals surface area contributed by atoms with Gasteiger partial charge in [-0.1, -0.05) is 74.8 Å². The van der Waals surface area contributed by atoms with E-state index >= 15 is 0 Å². The number of aliphatic carboxylic acids is 1. The smallest absolute Gasteiger partial charge is 0.303 e. The van der Waals surface area contributed by atoms with E-state index in [0.717, 1.165) is 25.7 Å². The summed E-state index contributed by atoms with van der Waals surface area (Å²) in [5.74, 6) is -0.908. The van der Waals surface area contributed by atoms with Gasteiger partial charge in [0.05, 0.1) is 18.3 Å². The van der Waals surface area contributed by atoms with Gasteiger partial charge in [-0.2, -0.15) is 0 Å². The maximum atomic E-state index is 10.4. The zero-order valence-corrected chi connectivity index (χ0v) is 15.0. The van der Waals surface area contributed by atoms with E-state index in [2.05, 4.69) is 6.92 Å². The highest BCUT2D eigenvalue weighted by atomic mass is 16.4. The molecule has 0 spiro atoms. The Morgan fingerprint density at radius 1 is 0.840 bits per heavy atom. The van der Waals surface area contributed by atoms with E-state index in [0.29, 0.717) is 6.42 Å². The highest BCUT2D eigenvalue weighted by Crippen LogP contribution is 2.06. The van der Waals surface area contributed by atoms with Crippen molar-refractivity contribution in [1.29, 1.82) is 0 Å². The topological polar surface area (TPSA) is 98.0 Å². The summed E-state index contributed by atoms with van der Waals surface area (Å²) < 4.78 is 0. The standard InChI is InChI=1S/C20H32O5/c1-2-3-8-12-17(21)13-9-6-4-5-7-10-14-18(22)19(23)15-11-16-20(24)25/h4-7,9-10,13-14,17-19,21-23H,2-3,8,11-12,15-16H2,1H3,(H,24,25)/b6-4+,7-5-,13-9-,14-10-/t17-,18+,19+/m0/s1. The third kappa shape index (κ3) is 15.6. The van der Waals surface area contributed by atoms with Gasteiger partial charge in [0.2, 0.25) is 0 Å². The molecule has 0 heterocycles. The van der Waals surface area contributed by atoms with E-state index in [9.17, 15) is 20.1 Å². The Bertz CT molecular complexity index is 451. The number of carboxylic acid groups (broad SMARTS) is 1. The van der Waals surface area contributed by atoms with Crippen molar-refractivity contribution in [2.45, 2.75) is 70.2 Å². The first kappa shape index (κ1) is 23.3. The van der Waals surface area contributed by atoms with Crippen LogP contribution in [0.3, 0.4) is 0 Å². The molecule has 0 aromatic heterocycles. The molecule has 5 nitrogen and oxygen atoms in total. The lowest BCUT2D eigenvalue weighted by molar-refractivity contribution is -0.137. The van der Waals surface area contributed by atoms with Crippen LogP contribution in [0.2, 0.25) is 0 Å². The van der Waals surface area contributed by atoms with Crippen molar-refractivity contribution >= 4 is 5.97 Å². The van der Waals surface area contributed by atoms with E-state index in [-0.39, 0.29) is 12.8 Å². The number of hydrogen-bond donors (Lipinski definition) is 4. The summed E-state index contributed by atoms with van der Waals surface area (Å²) in [7, 11) is 0. The lowest BCUT2D eigenvalue weighted by Gasteiger charge is -2.13. The first-order valence-corrected chi connectivity index (χ1v) is 8.91. The van der Waals surface area contributed by atoms with Gasteiger partial charge in [-0.05, 0) is 19.3 Å². The van der Waals surface area contributed by atoms with Crippen LogP contribution >= 0.6 is 0 Å². The van der Waals surface area contributed by atoms with Gasteiger partial charge in [-0.25, -0.2) is 0 Å².